The maximum absolute atomic E-state index is 5.75. The molecule has 3 heterocycles. The molecule has 0 atom stereocenters. The summed E-state index contributed by atoms with van der Waals surface area (Å²) in [7, 11) is 0. The van der Waals surface area contributed by atoms with Gasteiger partial charge in [0.2, 0.25) is 0 Å². The number of aryl methyl sites for hydroxylation is 1. The number of hydrogen-bond donors (Lipinski definition) is 1. The Morgan fingerprint density at radius 3 is 2.94 bits per heavy atom. The predicted octanol–water partition coefficient (Wildman–Crippen LogP) is 1.16. The molecular formula is C12H12N6. The second-order valence-corrected chi connectivity index (χ2v) is 4.17. The lowest BCUT2D eigenvalue weighted by Gasteiger charge is -2.04. The van der Waals surface area contributed by atoms with Crippen molar-refractivity contribution in [2.24, 2.45) is 0 Å². The average molecular weight is 240 g/mol. The van der Waals surface area contributed by atoms with Gasteiger partial charge in [0.25, 0.3) is 0 Å². The van der Waals surface area contributed by atoms with E-state index in [0.29, 0.717) is 17.9 Å². The molecule has 6 heteroatoms. The molecule has 0 radical (unpaired) electrons. The quantitative estimate of drug-likeness (QED) is 0.726. The van der Waals surface area contributed by atoms with Gasteiger partial charge in [-0.1, -0.05) is 6.07 Å². The van der Waals surface area contributed by atoms with E-state index in [4.69, 9.17) is 5.73 Å². The third-order valence-corrected chi connectivity index (χ3v) is 2.71. The van der Waals surface area contributed by atoms with Gasteiger partial charge in [0.05, 0.1) is 12.9 Å². The smallest absolute Gasteiger partial charge is 0.165 e. The van der Waals surface area contributed by atoms with Crippen molar-refractivity contribution in [2.45, 2.75) is 13.5 Å². The van der Waals surface area contributed by atoms with Crippen LogP contribution in [0, 0.1) is 6.92 Å². The summed E-state index contributed by atoms with van der Waals surface area (Å²) in [5, 5.41) is 0. The van der Waals surface area contributed by atoms with Crippen LogP contribution in [0.2, 0.25) is 0 Å². The van der Waals surface area contributed by atoms with Gasteiger partial charge in [-0.25, -0.2) is 15.0 Å². The molecule has 2 N–H and O–H groups in total. The van der Waals surface area contributed by atoms with Gasteiger partial charge in [-0.2, -0.15) is 0 Å². The molecule has 0 aliphatic rings. The first-order chi connectivity index (χ1) is 8.74. The molecule has 0 aliphatic heterocycles. The van der Waals surface area contributed by atoms with Gasteiger partial charge >= 0.3 is 0 Å². The van der Waals surface area contributed by atoms with E-state index in [1.54, 1.807) is 6.33 Å². The Labute approximate surface area is 104 Å². The predicted molar refractivity (Wildman–Crippen MR) is 67.8 cm³/mol. The monoisotopic (exact) mass is 240 g/mol. The number of nitrogen functional groups attached to an aromatic ring is 1. The van der Waals surface area contributed by atoms with Crippen molar-refractivity contribution in [3.05, 3.63) is 42.2 Å². The molecule has 3 aromatic heterocycles. The zero-order chi connectivity index (χ0) is 12.5. The van der Waals surface area contributed by atoms with Crippen LogP contribution in [0.5, 0.6) is 0 Å². The summed E-state index contributed by atoms with van der Waals surface area (Å²) in [6.45, 7) is 2.68. The fraction of sp³-hybridized carbons (Fsp3) is 0.167. The highest BCUT2D eigenvalue weighted by Crippen LogP contribution is 2.15. The molecule has 6 nitrogen and oxygen atoms in total. The number of rotatable bonds is 2. The maximum atomic E-state index is 5.75. The number of anilines is 1. The zero-order valence-corrected chi connectivity index (χ0v) is 9.91. The van der Waals surface area contributed by atoms with Crippen LogP contribution >= 0.6 is 0 Å². The molecule has 0 saturated carbocycles. The standard InChI is InChI=1S/C12H12N6/c1-8-2-9(4-14-3-8)5-18-7-17-10-11(13)15-6-16-12(10)18/h2-4,6-7H,5H2,1H3,(H2,13,15,16). The summed E-state index contributed by atoms with van der Waals surface area (Å²) < 4.78 is 1.93. The van der Waals surface area contributed by atoms with Crippen LogP contribution in [0.25, 0.3) is 11.2 Å². The minimum absolute atomic E-state index is 0.404. The summed E-state index contributed by atoms with van der Waals surface area (Å²) in [5.74, 6) is 0.404. The van der Waals surface area contributed by atoms with Crippen LogP contribution in [0.4, 0.5) is 5.82 Å². The van der Waals surface area contributed by atoms with Gasteiger partial charge in [-0.15, -0.1) is 0 Å². The maximum Gasteiger partial charge on any atom is 0.165 e. The molecule has 0 aromatic carbocycles. The van der Waals surface area contributed by atoms with Crippen molar-refractivity contribution in [1.82, 2.24) is 24.5 Å². The van der Waals surface area contributed by atoms with E-state index in [-0.39, 0.29) is 0 Å². The lowest BCUT2D eigenvalue weighted by Crippen LogP contribution is -2.01. The Hall–Kier alpha value is -2.50. The van der Waals surface area contributed by atoms with Crippen LogP contribution in [0.15, 0.2) is 31.1 Å². The van der Waals surface area contributed by atoms with Crippen LogP contribution in [0.3, 0.4) is 0 Å². The van der Waals surface area contributed by atoms with E-state index in [2.05, 4.69) is 26.0 Å². The molecule has 0 unspecified atom stereocenters. The van der Waals surface area contributed by atoms with Gasteiger partial charge in [-0.05, 0) is 18.1 Å². The number of fused-ring (bicyclic) bond motifs is 1. The summed E-state index contributed by atoms with van der Waals surface area (Å²) in [6, 6.07) is 2.09. The SMILES string of the molecule is Cc1cncc(Cn2cnc3c(N)ncnc32)c1. The third kappa shape index (κ3) is 1.77. The first-order valence-corrected chi connectivity index (χ1v) is 5.56. The molecule has 0 spiro atoms. The number of nitrogens with zero attached hydrogens (tertiary/aromatic N) is 5. The summed E-state index contributed by atoms with van der Waals surface area (Å²) >= 11 is 0. The molecule has 0 fully saturated rings. The van der Waals surface area contributed by atoms with Crippen molar-refractivity contribution in [3.8, 4) is 0 Å². The third-order valence-electron chi connectivity index (χ3n) is 2.71. The number of imidazole rings is 1. The largest absolute Gasteiger partial charge is 0.382 e. The molecule has 3 aromatic rings. The van der Waals surface area contributed by atoms with Crippen LogP contribution < -0.4 is 5.73 Å². The Balaban J connectivity index is 2.03. The lowest BCUT2D eigenvalue weighted by molar-refractivity contribution is 0.807. The fourth-order valence-corrected chi connectivity index (χ4v) is 1.92. The molecule has 0 amide bonds. The highest BCUT2D eigenvalue weighted by molar-refractivity contribution is 5.81. The average Bonchev–Trinajstić information content (AvgIpc) is 2.74. The van der Waals surface area contributed by atoms with E-state index in [0.717, 1.165) is 16.8 Å². The van der Waals surface area contributed by atoms with Gasteiger partial charge in [-0.3, -0.25) is 4.98 Å². The van der Waals surface area contributed by atoms with Crippen molar-refractivity contribution in [1.29, 1.82) is 0 Å². The van der Waals surface area contributed by atoms with E-state index in [1.165, 1.54) is 6.33 Å². The highest BCUT2D eigenvalue weighted by atomic mass is 15.1. The molecule has 0 saturated heterocycles. The Morgan fingerprint density at radius 1 is 1.22 bits per heavy atom. The lowest BCUT2D eigenvalue weighted by atomic mass is 10.2. The van der Waals surface area contributed by atoms with E-state index in [1.807, 2.05) is 23.9 Å². The van der Waals surface area contributed by atoms with Crippen LogP contribution in [-0.4, -0.2) is 24.5 Å². The Kier molecular flexibility index (Phi) is 2.40. The molecule has 3 rings (SSSR count). The summed E-state index contributed by atoms with van der Waals surface area (Å²) in [4.78, 5) is 16.5. The fourth-order valence-electron chi connectivity index (χ4n) is 1.92. The number of pyridine rings is 1. The molecule has 0 aliphatic carbocycles. The first-order valence-electron chi connectivity index (χ1n) is 5.56. The van der Waals surface area contributed by atoms with Gasteiger partial charge < -0.3 is 10.3 Å². The minimum Gasteiger partial charge on any atom is -0.382 e. The van der Waals surface area contributed by atoms with E-state index >= 15 is 0 Å². The molecular weight excluding hydrogens is 228 g/mol. The van der Waals surface area contributed by atoms with Gasteiger partial charge in [0.1, 0.15) is 11.8 Å². The van der Waals surface area contributed by atoms with E-state index in [9.17, 15) is 0 Å². The summed E-state index contributed by atoms with van der Waals surface area (Å²) in [5.41, 5.74) is 9.36. The minimum atomic E-state index is 0.404. The normalized spacial score (nSPS) is 10.9. The van der Waals surface area contributed by atoms with Gasteiger partial charge in [0.15, 0.2) is 11.5 Å². The first kappa shape index (κ1) is 10.6. The van der Waals surface area contributed by atoms with Crippen molar-refractivity contribution in [2.75, 3.05) is 5.73 Å². The Bertz CT molecular complexity index is 703. The van der Waals surface area contributed by atoms with Crippen LogP contribution in [-0.2, 0) is 6.54 Å². The number of nitrogens with two attached hydrogens (primary N) is 1. The Morgan fingerprint density at radius 2 is 2.11 bits per heavy atom. The second kappa shape index (κ2) is 4.06. The van der Waals surface area contributed by atoms with Gasteiger partial charge in [0, 0.05) is 12.4 Å². The summed E-state index contributed by atoms with van der Waals surface area (Å²) in [6.07, 6.45) is 6.83. The molecule has 18 heavy (non-hydrogen) atoms. The van der Waals surface area contributed by atoms with E-state index < -0.39 is 0 Å². The number of aromatic nitrogens is 5. The van der Waals surface area contributed by atoms with Crippen molar-refractivity contribution >= 4 is 17.0 Å². The highest BCUT2D eigenvalue weighted by Gasteiger charge is 2.07. The second-order valence-electron chi connectivity index (χ2n) is 4.17. The van der Waals surface area contributed by atoms with Crippen LogP contribution in [0.1, 0.15) is 11.1 Å². The van der Waals surface area contributed by atoms with Crippen molar-refractivity contribution in [3.63, 3.8) is 0 Å². The molecule has 0 bridgehead atoms. The number of hydrogen-bond acceptors (Lipinski definition) is 5. The molecule has 90 valence electrons. The van der Waals surface area contributed by atoms with Crippen molar-refractivity contribution < 1.29 is 0 Å². The zero-order valence-electron chi connectivity index (χ0n) is 9.91. The topological polar surface area (TPSA) is 82.5 Å².